The van der Waals surface area contributed by atoms with E-state index in [-0.39, 0.29) is 24.6 Å². The summed E-state index contributed by atoms with van der Waals surface area (Å²) in [5.74, 6) is -0.460. The minimum atomic E-state index is -3.31. The third-order valence-corrected chi connectivity index (χ3v) is 3.51. The maximum Gasteiger partial charge on any atom is 0.305 e. The first-order chi connectivity index (χ1) is 7.41. The SMILES string of the molecule is C=CCC(C)NS(=O)(=O)CCCC(=O)OC. The van der Waals surface area contributed by atoms with Gasteiger partial charge >= 0.3 is 5.97 Å². The van der Waals surface area contributed by atoms with Gasteiger partial charge in [-0.1, -0.05) is 6.08 Å². The fraction of sp³-hybridized carbons (Fsp3) is 0.700. The number of rotatable bonds is 8. The van der Waals surface area contributed by atoms with Crippen LogP contribution in [0, 0.1) is 0 Å². The highest BCUT2D eigenvalue weighted by atomic mass is 32.2. The summed E-state index contributed by atoms with van der Waals surface area (Å²) in [6, 6.07) is -0.166. The summed E-state index contributed by atoms with van der Waals surface area (Å²) in [5.41, 5.74) is 0. The van der Waals surface area contributed by atoms with Gasteiger partial charge in [0.1, 0.15) is 0 Å². The predicted octanol–water partition coefficient (Wildman–Crippen LogP) is 0.824. The van der Waals surface area contributed by atoms with E-state index in [9.17, 15) is 13.2 Å². The van der Waals surface area contributed by atoms with E-state index in [2.05, 4.69) is 16.0 Å². The van der Waals surface area contributed by atoms with E-state index in [0.29, 0.717) is 6.42 Å². The number of nitrogens with one attached hydrogen (secondary N) is 1. The number of carbonyl (C=O) groups is 1. The maximum atomic E-state index is 11.5. The molecule has 0 aliphatic carbocycles. The average Bonchev–Trinajstić information content (AvgIpc) is 2.16. The smallest absolute Gasteiger partial charge is 0.305 e. The molecule has 0 rings (SSSR count). The van der Waals surface area contributed by atoms with Crippen LogP contribution in [-0.2, 0) is 19.6 Å². The Morgan fingerprint density at radius 3 is 2.69 bits per heavy atom. The molecule has 1 N–H and O–H groups in total. The summed E-state index contributed by atoms with van der Waals surface area (Å²) in [4.78, 5) is 10.8. The molecule has 0 fully saturated rings. The second kappa shape index (κ2) is 7.40. The summed E-state index contributed by atoms with van der Waals surface area (Å²) < 4.78 is 29.9. The van der Waals surface area contributed by atoms with Gasteiger partial charge in [-0.15, -0.1) is 6.58 Å². The van der Waals surface area contributed by atoms with Crippen molar-refractivity contribution >= 4 is 16.0 Å². The quantitative estimate of drug-likeness (QED) is 0.510. The number of methoxy groups -OCH3 is 1. The molecule has 0 aromatic carbocycles. The van der Waals surface area contributed by atoms with Gasteiger partial charge in [-0.3, -0.25) is 4.79 Å². The van der Waals surface area contributed by atoms with E-state index in [4.69, 9.17) is 0 Å². The number of carbonyl (C=O) groups excluding carboxylic acids is 1. The molecule has 16 heavy (non-hydrogen) atoms. The monoisotopic (exact) mass is 249 g/mol. The topological polar surface area (TPSA) is 72.5 Å². The molecule has 0 aromatic heterocycles. The number of hydrogen-bond acceptors (Lipinski definition) is 4. The van der Waals surface area contributed by atoms with Gasteiger partial charge in [0.25, 0.3) is 0 Å². The van der Waals surface area contributed by atoms with Crippen LogP contribution in [0.3, 0.4) is 0 Å². The number of ether oxygens (including phenoxy) is 1. The van der Waals surface area contributed by atoms with Gasteiger partial charge < -0.3 is 4.74 Å². The molecule has 6 heteroatoms. The zero-order valence-electron chi connectivity index (χ0n) is 9.73. The Balaban J connectivity index is 3.96. The molecule has 94 valence electrons. The predicted molar refractivity (Wildman–Crippen MR) is 62.4 cm³/mol. The van der Waals surface area contributed by atoms with Crippen molar-refractivity contribution in [1.82, 2.24) is 4.72 Å². The second-order valence-corrected chi connectivity index (χ2v) is 5.42. The lowest BCUT2D eigenvalue weighted by Crippen LogP contribution is -2.34. The van der Waals surface area contributed by atoms with E-state index in [1.807, 2.05) is 0 Å². The van der Waals surface area contributed by atoms with E-state index in [0.717, 1.165) is 0 Å². The van der Waals surface area contributed by atoms with Crippen LogP contribution in [-0.4, -0.2) is 33.3 Å². The largest absolute Gasteiger partial charge is 0.469 e. The van der Waals surface area contributed by atoms with Gasteiger partial charge in [0.15, 0.2) is 0 Å². The van der Waals surface area contributed by atoms with Crippen LogP contribution in [0.25, 0.3) is 0 Å². The molecule has 0 spiro atoms. The highest BCUT2D eigenvalue weighted by Gasteiger charge is 2.14. The molecule has 0 saturated carbocycles. The first-order valence-electron chi connectivity index (χ1n) is 5.09. The van der Waals surface area contributed by atoms with Gasteiger partial charge in [0.05, 0.1) is 12.9 Å². The lowest BCUT2D eigenvalue weighted by Gasteiger charge is -2.11. The molecule has 5 nitrogen and oxygen atoms in total. The molecule has 1 atom stereocenters. The van der Waals surface area contributed by atoms with Crippen molar-refractivity contribution in [3.8, 4) is 0 Å². The zero-order chi connectivity index (χ0) is 12.6. The molecule has 0 bridgehead atoms. The Labute approximate surface area is 96.9 Å². The van der Waals surface area contributed by atoms with Crippen LogP contribution in [0.2, 0.25) is 0 Å². The second-order valence-electron chi connectivity index (χ2n) is 3.54. The van der Waals surface area contributed by atoms with Crippen molar-refractivity contribution in [3.05, 3.63) is 12.7 Å². The molecule has 0 aliphatic heterocycles. The van der Waals surface area contributed by atoms with Crippen LogP contribution in [0.4, 0.5) is 0 Å². The molecule has 0 aromatic rings. The summed E-state index contributed by atoms with van der Waals surface area (Å²) >= 11 is 0. The van der Waals surface area contributed by atoms with Crippen LogP contribution in [0.15, 0.2) is 12.7 Å². The zero-order valence-corrected chi connectivity index (χ0v) is 10.5. The van der Waals surface area contributed by atoms with E-state index in [1.165, 1.54) is 7.11 Å². The molecule has 0 radical (unpaired) electrons. The number of sulfonamides is 1. The van der Waals surface area contributed by atoms with Gasteiger partial charge in [-0.25, -0.2) is 13.1 Å². The summed E-state index contributed by atoms with van der Waals surface area (Å²) in [6.45, 7) is 5.29. The summed E-state index contributed by atoms with van der Waals surface area (Å²) in [5, 5.41) is 0. The number of hydrogen-bond donors (Lipinski definition) is 1. The summed E-state index contributed by atoms with van der Waals surface area (Å²) in [6.07, 6.45) is 2.62. The highest BCUT2D eigenvalue weighted by molar-refractivity contribution is 7.89. The molecule has 0 amide bonds. The molecule has 0 aliphatic rings. The lowest BCUT2D eigenvalue weighted by atomic mass is 10.3. The minimum absolute atomic E-state index is 0.0659. The van der Waals surface area contributed by atoms with Gasteiger partial charge in [0, 0.05) is 12.5 Å². The Hall–Kier alpha value is -0.880. The highest BCUT2D eigenvalue weighted by Crippen LogP contribution is 2.00. The standard InChI is InChI=1S/C10H19NO4S/c1-4-6-9(2)11-16(13,14)8-5-7-10(12)15-3/h4,9,11H,1,5-8H2,2-3H3. The van der Waals surface area contributed by atoms with Crippen molar-refractivity contribution in [2.75, 3.05) is 12.9 Å². The fourth-order valence-electron chi connectivity index (χ4n) is 1.17. The lowest BCUT2D eigenvalue weighted by molar-refractivity contribution is -0.140. The van der Waals surface area contributed by atoms with Crippen LogP contribution in [0.5, 0.6) is 0 Å². The maximum absolute atomic E-state index is 11.5. The third kappa shape index (κ3) is 7.42. The van der Waals surface area contributed by atoms with Gasteiger partial charge in [-0.05, 0) is 19.8 Å². The van der Waals surface area contributed by atoms with Crippen LogP contribution < -0.4 is 4.72 Å². The fourth-order valence-corrected chi connectivity index (χ4v) is 2.52. The Bertz CT molecular complexity index is 324. The van der Waals surface area contributed by atoms with Crippen molar-refractivity contribution in [2.24, 2.45) is 0 Å². The Morgan fingerprint density at radius 1 is 1.56 bits per heavy atom. The van der Waals surface area contributed by atoms with Gasteiger partial charge in [0.2, 0.25) is 10.0 Å². The van der Waals surface area contributed by atoms with Crippen LogP contribution >= 0.6 is 0 Å². The van der Waals surface area contributed by atoms with Crippen molar-refractivity contribution in [2.45, 2.75) is 32.2 Å². The molecule has 1 unspecified atom stereocenters. The number of esters is 1. The third-order valence-electron chi connectivity index (χ3n) is 1.92. The first-order valence-corrected chi connectivity index (χ1v) is 6.74. The van der Waals surface area contributed by atoms with E-state index < -0.39 is 16.0 Å². The Kier molecular flexibility index (Phi) is 7.00. The van der Waals surface area contributed by atoms with E-state index >= 15 is 0 Å². The van der Waals surface area contributed by atoms with Gasteiger partial charge in [-0.2, -0.15) is 0 Å². The van der Waals surface area contributed by atoms with Crippen molar-refractivity contribution < 1.29 is 17.9 Å². The Morgan fingerprint density at radius 2 is 2.19 bits per heavy atom. The van der Waals surface area contributed by atoms with E-state index in [1.54, 1.807) is 13.0 Å². The molecule has 0 heterocycles. The molecule has 0 saturated heterocycles. The minimum Gasteiger partial charge on any atom is -0.469 e. The van der Waals surface area contributed by atoms with Crippen LogP contribution in [0.1, 0.15) is 26.2 Å². The van der Waals surface area contributed by atoms with Crippen molar-refractivity contribution in [3.63, 3.8) is 0 Å². The first kappa shape index (κ1) is 15.1. The normalized spacial score (nSPS) is 13.1. The molecular formula is C10H19NO4S. The average molecular weight is 249 g/mol. The molecular weight excluding hydrogens is 230 g/mol. The summed E-state index contributed by atoms with van der Waals surface area (Å²) in [7, 11) is -2.03. The van der Waals surface area contributed by atoms with Crippen molar-refractivity contribution in [1.29, 1.82) is 0 Å².